The van der Waals surface area contributed by atoms with E-state index in [4.69, 9.17) is 22.1 Å². The van der Waals surface area contributed by atoms with Gasteiger partial charge in [-0.15, -0.1) is 0 Å². The smallest absolute Gasteiger partial charge is 0.323 e. The molecule has 0 fully saturated rings. The van der Waals surface area contributed by atoms with Crippen LogP contribution in [-0.2, 0) is 19.6 Å². The maximum absolute atomic E-state index is 12.0. The molecule has 0 aliphatic carbocycles. The molecule has 0 saturated carbocycles. The zero-order valence-corrected chi connectivity index (χ0v) is 12.1. The van der Waals surface area contributed by atoms with Crippen LogP contribution in [0.25, 0.3) is 0 Å². The Kier molecular flexibility index (Phi) is 5.16. The topological polar surface area (TPSA) is 98.5 Å². The highest BCUT2D eigenvalue weighted by molar-refractivity contribution is 7.89. The number of ether oxygens (including phenoxy) is 1. The Morgan fingerprint density at radius 1 is 1.53 bits per heavy atom. The second-order valence-electron chi connectivity index (χ2n) is 3.78. The normalized spacial score (nSPS) is 13.0. The third-order valence-corrected chi connectivity index (χ3v) is 4.13. The quantitative estimate of drug-likeness (QED) is 0.628. The van der Waals surface area contributed by atoms with Gasteiger partial charge in [0.15, 0.2) is 0 Å². The van der Waals surface area contributed by atoms with Crippen molar-refractivity contribution in [2.24, 2.45) is 0 Å². The Bertz CT molecular complexity index is 574. The second-order valence-corrected chi connectivity index (χ2v) is 5.90. The SMILES string of the molecule is CCOC(=O)C(C)NS(=O)(=O)c1ccc(Cl)c(N)c1. The Morgan fingerprint density at radius 3 is 2.68 bits per heavy atom. The van der Waals surface area contributed by atoms with Gasteiger partial charge in [0, 0.05) is 0 Å². The molecule has 1 rings (SSSR count). The summed E-state index contributed by atoms with van der Waals surface area (Å²) in [6.07, 6.45) is 0. The lowest BCUT2D eigenvalue weighted by Crippen LogP contribution is -2.39. The Hall–Kier alpha value is -1.31. The first-order valence-corrected chi connectivity index (χ1v) is 7.38. The van der Waals surface area contributed by atoms with Gasteiger partial charge in [-0.1, -0.05) is 11.6 Å². The van der Waals surface area contributed by atoms with Crippen LogP contribution in [0.3, 0.4) is 0 Å². The van der Waals surface area contributed by atoms with E-state index in [0.717, 1.165) is 0 Å². The zero-order chi connectivity index (χ0) is 14.6. The maximum Gasteiger partial charge on any atom is 0.323 e. The molecule has 1 unspecified atom stereocenters. The summed E-state index contributed by atoms with van der Waals surface area (Å²) in [4.78, 5) is 11.3. The summed E-state index contributed by atoms with van der Waals surface area (Å²) in [5, 5.41) is 0.261. The fourth-order valence-corrected chi connectivity index (χ4v) is 2.65. The molecule has 1 aromatic carbocycles. The minimum Gasteiger partial charge on any atom is -0.465 e. The summed E-state index contributed by atoms with van der Waals surface area (Å²) < 4.78 is 30.9. The minimum absolute atomic E-state index is 0.0643. The number of benzene rings is 1. The standard InChI is InChI=1S/C11H15ClN2O4S/c1-3-18-11(15)7(2)14-19(16,17)8-4-5-9(12)10(13)6-8/h4-7,14H,3,13H2,1-2H3. The maximum atomic E-state index is 12.0. The molecule has 0 aliphatic heterocycles. The Balaban J connectivity index is 2.92. The van der Waals surface area contributed by atoms with Crippen molar-refractivity contribution in [1.29, 1.82) is 0 Å². The number of hydrogen-bond acceptors (Lipinski definition) is 5. The van der Waals surface area contributed by atoms with Gasteiger partial charge in [-0.3, -0.25) is 4.79 Å². The third kappa shape index (κ3) is 4.09. The molecule has 0 saturated heterocycles. The third-order valence-electron chi connectivity index (χ3n) is 2.25. The number of nitrogens with one attached hydrogen (secondary N) is 1. The predicted molar refractivity (Wildman–Crippen MR) is 72.3 cm³/mol. The number of rotatable bonds is 5. The van der Waals surface area contributed by atoms with Gasteiger partial charge in [0.05, 0.1) is 22.2 Å². The Morgan fingerprint density at radius 2 is 2.16 bits per heavy atom. The van der Waals surface area contributed by atoms with E-state index in [-0.39, 0.29) is 22.2 Å². The van der Waals surface area contributed by atoms with Crippen LogP contribution in [-0.4, -0.2) is 27.0 Å². The molecule has 0 radical (unpaired) electrons. The molecule has 0 bridgehead atoms. The van der Waals surface area contributed by atoms with Crippen LogP contribution in [0.2, 0.25) is 5.02 Å². The van der Waals surface area contributed by atoms with E-state index in [0.29, 0.717) is 0 Å². The number of anilines is 1. The van der Waals surface area contributed by atoms with Gasteiger partial charge < -0.3 is 10.5 Å². The molecule has 3 N–H and O–H groups in total. The molecule has 1 aromatic rings. The van der Waals surface area contributed by atoms with Crippen molar-refractivity contribution in [3.05, 3.63) is 23.2 Å². The number of carbonyl (C=O) groups is 1. The molecule has 6 nitrogen and oxygen atoms in total. The highest BCUT2D eigenvalue weighted by atomic mass is 35.5. The van der Waals surface area contributed by atoms with Crippen LogP contribution in [0.5, 0.6) is 0 Å². The minimum atomic E-state index is -3.85. The van der Waals surface area contributed by atoms with E-state index in [9.17, 15) is 13.2 Å². The lowest BCUT2D eigenvalue weighted by Gasteiger charge is -2.13. The van der Waals surface area contributed by atoms with Crippen LogP contribution in [0.1, 0.15) is 13.8 Å². The molecule has 0 aliphatic rings. The van der Waals surface area contributed by atoms with Gasteiger partial charge in [-0.2, -0.15) is 4.72 Å². The first kappa shape index (κ1) is 15.7. The monoisotopic (exact) mass is 306 g/mol. The van der Waals surface area contributed by atoms with Crippen LogP contribution in [0, 0.1) is 0 Å². The fourth-order valence-electron chi connectivity index (χ4n) is 1.31. The summed E-state index contributed by atoms with van der Waals surface area (Å²) in [5.41, 5.74) is 5.69. The van der Waals surface area contributed by atoms with Crippen molar-refractivity contribution >= 4 is 33.3 Å². The number of nitrogens with two attached hydrogens (primary N) is 1. The summed E-state index contributed by atoms with van der Waals surface area (Å²) in [7, 11) is -3.85. The predicted octanol–water partition coefficient (Wildman–Crippen LogP) is 1.15. The summed E-state index contributed by atoms with van der Waals surface area (Å²) >= 11 is 5.71. The van der Waals surface area contributed by atoms with Crippen molar-refractivity contribution in [1.82, 2.24) is 4.72 Å². The van der Waals surface area contributed by atoms with Gasteiger partial charge in [-0.25, -0.2) is 8.42 Å². The molecule has 1 atom stereocenters. The van der Waals surface area contributed by atoms with Crippen molar-refractivity contribution in [2.45, 2.75) is 24.8 Å². The summed E-state index contributed by atoms with van der Waals surface area (Å²) in [5.74, 6) is -0.645. The molecule has 19 heavy (non-hydrogen) atoms. The van der Waals surface area contributed by atoms with E-state index in [1.165, 1.54) is 25.1 Å². The molecule has 0 aromatic heterocycles. The van der Waals surface area contributed by atoms with Gasteiger partial charge in [0.25, 0.3) is 0 Å². The van der Waals surface area contributed by atoms with Crippen molar-refractivity contribution in [2.75, 3.05) is 12.3 Å². The summed E-state index contributed by atoms with van der Waals surface area (Å²) in [6.45, 7) is 3.21. The first-order chi connectivity index (χ1) is 8.77. The molecule has 106 valence electrons. The average Bonchev–Trinajstić information content (AvgIpc) is 2.32. The Labute approximate surface area is 116 Å². The first-order valence-electron chi connectivity index (χ1n) is 5.52. The van der Waals surface area contributed by atoms with Gasteiger partial charge in [0.1, 0.15) is 6.04 Å². The highest BCUT2D eigenvalue weighted by Crippen LogP contribution is 2.22. The molecule has 0 heterocycles. The largest absolute Gasteiger partial charge is 0.465 e. The number of carbonyl (C=O) groups excluding carboxylic acids is 1. The number of nitrogen functional groups attached to an aromatic ring is 1. The van der Waals surface area contributed by atoms with E-state index < -0.39 is 22.0 Å². The molecule has 8 heteroatoms. The number of hydrogen-bond donors (Lipinski definition) is 2. The van der Waals surface area contributed by atoms with E-state index >= 15 is 0 Å². The number of esters is 1. The fraction of sp³-hybridized carbons (Fsp3) is 0.364. The highest BCUT2D eigenvalue weighted by Gasteiger charge is 2.23. The lowest BCUT2D eigenvalue weighted by molar-refractivity contribution is -0.144. The molecule has 0 spiro atoms. The number of sulfonamides is 1. The van der Waals surface area contributed by atoms with Gasteiger partial charge in [0.2, 0.25) is 10.0 Å². The second kappa shape index (κ2) is 6.23. The molecular formula is C11H15ClN2O4S. The van der Waals surface area contributed by atoms with E-state index in [1.807, 2.05) is 0 Å². The van der Waals surface area contributed by atoms with Crippen LogP contribution in [0.15, 0.2) is 23.1 Å². The van der Waals surface area contributed by atoms with Crippen LogP contribution < -0.4 is 10.5 Å². The summed E-state index contributed by atoms with van der Waals surface area (Å²) in [6, 6.07) is 2.92. The average molecular weight is 307 g/mol. The lowest BCUT2D eigenvalue weighted by atomic mass is 10.3. The number of halogens is 1. The molecule has 0 amide bonds. The van der Waals surface area contributed by atoms with E-state index in [2.05, 4.69) is 4.72 Å². The zero-order valence-electron chi connectivity index (χ0n) is 10.5. The van der Waals surface area contributed by atoms with E-state index in [1.54, 1.807) is 6.92 Å². The van der Waals surface area contributed by atoms with Gasteiger partial charge in [-0.05, 0) is 32.0 Å². The molecular weight excluding hydrogens is 292 g/mol. The van der Waals surface area contributed by atoms with Crippen molar-refractivity contribution < 1.29 is 17.9 Å². The van der Waals surface area contributed by atoms with Crippen molar-refractivity contribution in [3.63, 3.8) is 0 Å². The van der Waals surface area contributed by atoms with Crippen LogP contribution >= 0.6 is 11.6 Å². The van der Waals surface area contributed by atoms with Crippen LogP contribution in [0.4, 0.5) is 5.69 Å². The van der Waals surface area contributed by atoms with Gasteiger partial charge >= 0.3 is 5.97 Å². The van der Waals surface area contributed by atoms with Crippen molar-refractivity contribution in [3.8, 4) is 0 Å².